The number of hydrogen-bond acceptors (Lipinski definition) is 3. The summed E-state index contributed by atoms with van der Waals surface area (Å²) in [6.45, 7) is 8.96. The minimum Gasteiger partial charge on any atom is -0.330 e. The zero-order valence-electron chi connectivity index (χ0n) is 12.5. The van der Waals surface area contributed by atoms with Gasteiger partial charge in [-0.2, -0.15) is 0 Å². The van der Waals surface area contributed by atoms with Crippen molar-refractivity contribution in [2.45, 2.75) is 52.1 Å². The average Bonchev–Trinajstić information content (AvgIpc) is 3.05. The quantitative estimate of drug-likeness (QED) is 0.856. The Morgan fingerprint density at radius 3 is 2.74 bits per heavy atom. The number of hydrogen-bond donors (Lipinski definition) is 1. The number of nitrogens with two attached hydrogens (primary N) is 1. The van der Waals surface area contributed by atoms with E-state index in [0.29, 0.717) is 23.9 Å². The van der Waals surface area contributed by atoms with Gasteiger partial charge in [0, 0.05) is 17.0 Å². The van der Waals surface area contributed by atoms with Crippen LogP contribution in [0.3, 0.4) is 0 Å². The summed E-state index contributed by atoms with van der Waals surface area (Å²) in [6.07, 6.45) is 3.98. The van der Waals surface area contributed by atoms with Crippen molar-refractivity contribution >= 4 is 11.3 Å². The van der Waals surface area contributed by atoms with Gasteiger partial charge in [0.05, 0.1) is 0 Å². The van der Waals surface area contributed by atoms with Gasteiger partial charge in [-0.3, -0.25) is 4.90 Å². The summed E-state index contributed by atoms with van der Waals surface area (Å²) in [5, 5.41) is 2.20. The lowest BCUT2D eigenvalue weighted by Gasteiger charge is -2.40. The molecule has 0 aliphatic heterocycles. The van der Waals surface area contributed by atoms with Crippen LogP contribution in [0.1, 0.15) is 51.0 Å². The highest BCUT2D eigenvalue weighted by molar-refractivity contribution is 7.10. The third-order valence-corrected chi connectivity index (χ3v) is 5.48. The summed E-state index contributed by atoms with van der Waals surface area (Å²) in [5.74, 6) is 1.35. The zero-order chi connectivity index (χ0) is 13.8. The predicted molar refractivity (Wildman–Crippen MR) is 84.5 cm³/mol. The van der Waals surface area contributed by atoms with Gasteiger partial charge < -0.3 is 5.73 Å². The van der Waals surface area contributed by atoms with Crippen LogP contribution in [0.15, 0.2) is 17.5 Å². The normalized spacial score (nSPS) is 25.4. The molecule has 0 bridgehead atoms. The van der Waals surface area contributed by atoms with Crippen molar-refractivity contribution in [1.82, 2.24) is 4.90 Å². The first-order valence-electron chi connectivity index (χ1n) is 7.68. The largest absolute Gasteiger partial charge is 0.330 e. The van der Waals surface area contributed by atoms with Crippen molar-refractivity contribution in [3.05, 3.63) is 22.4 Å². The number of thiophene rings is 1. The van der Waals surface area contributed by atoms with Crippen LogP contribution in [0.4, 0.5) is 0 Å². The summed E-state index contributed by atoms with van der Waals surface area (Å²) < 4.78 is 0. The molecular formula is C16H28N2S. The van der Waals surface area contributed by atoms with Gasteiger partial charge in [-0.1, -0.05) is 33.3 Å². The highest BCUT2D eigenvalue weighted by Crippen LogP contribution is 2.39. The fraction of sp³-hybridized carbons (Fsp3) is 0.750. The van der Waals surface area contributed by atoms with Crippen molar-refractivity contribution in [2.75, 3.05) is 13.1 Å². The number of rotatable bonds is 6. The minimum atomic E-state index is 0.558. The Bertz CT molecular complexity index is 361. The summed E-state index contributed by atoms with van der Waals surface area (Å²) in [5.41, 5.74) is 5.99. The third-order valence-electron chi connectivity index (χ3n) is 4.54. The van der Waals surface area contributed by atoms with Gasteiger partial charge in [0.25, 0.3) is 0 Å². The van der Waals surface area contributed by atoms with E-state index in [-0.39, 0.29) is 0 Å². The first-order valence-corrected chi connectivity index (χ1v) is 8.56. The van der Waals surface area contributed by atoms with Crippen molar-refractivity contribution in [3.8, 4) is 0 Å². The first kappa shape index (κ1) is 15.0. The summed E-state index contributed by atoms with van der Waals surface area (Å²) >= 11 is 1.90. The lowest BCUT2D eigenvalue weighted by atomic mass is 9.94. The van der Waals surface area contributed by atoms with E-state index in [1.807, 2.05) is 11.3 Å². The standard InChI is InChI=1S/C16H28N2S/c1-4-18(14-8-5-7-13(14)11-17)16(12(2)3)15-9-6-10-19-15/h6,9-10,12-14,16H,4-5,7-8,11,17H2,1-3H3. The van der Waals surface area contributed by atoms with Gasteiger partial charge >= 0.3 is 0 Å². The molecule has 108 valence electrons. The molecule has 1 heterocycles. The molecule has 3 heteroatoms. The van der Waals surface area contributed by atoms with Crippen molar-refractivity contribution in [1.29, 1.82) is 0 Å². The molecule has 1 aromatic heterocycles. The molecule has 3 unspecified atom stereocenters. The van der Waals surface area contributed by atoms with Gasteiger partial charge in [-0.05, 0) is 49.2 Å². The smallest absolute Gasteiger partial charge is 0.0467 e. The maximum Gasteiger partial charge on any atom is 0.0467 e. The molecule has 1 aromatic rings. The Balaban J connectivity index is 2.22. The van der Waals surface area contributed by atoms with E-state index in [0.717, 1.165) is 13.1 Å². The van der Waals surface area contributed by atoms with E-state index in [1.165, 1.54) is 24.1 Å². The highest BCUT2D eigenvalue weighted by atomic mass is 32.1. The minimum absolute atomic E-state index is 0.558. The summed E-state index contributed by atoms with van der Waals surface area (Å²) in [6, 6.07) is 5.72. The van der Waals surface area contributed by atoms with E-state index in [9.17, 15) is 0 Å². The molecule has 2 rings (SSSR count). The SMILES string of the molecule is CCN(C1CCCC1CN)C(c1cccs1)C(C)C. The predicted octanol–water partition coefficient (Wildman–Crippen LogP) is 3.89. The summed E-state index contributed by atoms with van der Waals surface area (Å²) in [4.78, 5) is 4.24. The van der Waals surface area contributed by atoms with Crippen LogP contribution in [-0.4, -0.2) is 24.0 Å². The second-order valence-electron chi connectivity index (χ2n) is 6.03. The monoisotopic (exact) mass is 280 g/mol. The maximum atomic E-state index is 5.99. The molecule has 1 fully saturated rings. The molecule has 2 N–H and O–H groups in total. The van der Waals surface area contributed by atoms with Crippen LogP contribution < -0.4 is 5.73 Å². The maximum absolute atomic E-state index is 5.99. The van der Waals surface area contributed by atoms with Gasteiger partial charge in [-0.15, -0.1) is 11.3 Å². The number of nitrogens with zero attached hydrogens (tertiary/aromatic N) is 1. The Labute approximate surface area is 122 Å². The van der Waals surface area contributed by atoms with Crippen LogP contribution in [0, 0.1) is 11.8 Å². The second-order valence-corrected chi connectivity index (χ2v) is 7.01. The van der Waals surface area contributed by atoms with E-state index in [1.54, 1.807) is 0 Å². The van der Waals surface area contributed by atoms with Crippen LogP contribution in [0.25, 0.3) is 0 Å². The fourth-order valence-electron chi connectivity index (χ4n) is 3.70. The molecular weight excluding hydrogens is 252 g/mol. The van der Waals surface area contributed by atoms with E-state index in [4.69, 9.17) is 5.73 Å². The van der Waals surface area contributed by atoms with Crippen molar-refractivity contribution < 1.29 is 0 Å². The average molecular weight is 280 g/mol. The topological polar surface area (TPSA) is 29.3 Å². The molecule has 0 radical (unpaired) electrons. The Kier molecular flexibility index (Phi) is 5.43. The molecule has 2 nitrogen and oxygen atoms in total. The Morgan fingerprint density at radius 2 is 2.21 bits per heavy atom. The van der Waals surface area contributed by atoms with E-state index >= 15 is 0 Å². The molecule has 1 aliphatic carbocycles. The molecule has 0 saturated heterocycles. The van der Waals surface area contributed by atoms with Crippen LogP contribution in [-0.2, 0) is 0 Å². The summed E-state index contributed by atoms with van der Waals surface area (Å²) in [7, 11) is 0. The highest BCUT2D eigenvalue weighted by Gasteiger charge is 2.35. The first-order chi connectivity index (χ1) is 9.19. The van der Waals surface area contributed by atoms with E-state index < -0.39 is 0 Å². The molecule has 3 atom stereocenters. The second kappa shape index (κ2) is 6.87. The van der Waals surface area contributed by atoms with Crippen molar-refractivity contribution in [3.63, 3.8) is 0 Å². The zero-order valence-corrected chi connectivity index (χ0v) is 13.3. The Hall–Kier alpha value is -0.380. The van der Waals surface area contributed by atoms with Gasteiger partial charge in [0.2, 0.25) is 0 Å². The van der Waals surface area contributed by atoms with Gasteiger partial charge in [0.1, 0.15) is 0 Å². The fourth-order valence-corrected chi connectivity index (χ4v) is 4.72. The van der Waals surface area contributed by atoms with Gasteiger partial charge in [-0.25, -0.2) is 0 Å². The molecule has 19 heavy (non-hydrogen) atoms. The molecule has 0 amide bonds. The van der Waals surface area contributed by atoms with E-state index in [2.05, 4.69) is 43.2 Å². The lowest BCUT2D eigenvalue weighted by molar-refractivity contribution is 0.0878. The van der Waals surface area contributed by atoms with Crippen LogP contribution in [0.5, 0.6) is 0 Å². The van der Waals surface area contributed by atoms with Crippen LogP contribution >= 0.6 is 11.3 Å². The van der Waals surface area contributed by atoms with Crippen LogP contribution in [0.2, 0.25) is 0 Å². The molecule has 0 spiro atoms. The molecule has 0 aromatic carbocycles. The Morgan fingerprint density at radius 1 is 1.42 bits per heavy atom. The van der Waals surface area contributed by atoms with Gasteiger partial charge in [0.15, 0.2) is 0 Å². The van der Waals surface area contributed by atoms with Crippen molar-refractivity contribution in [2.24, 2.45) is 17.6 Å². The lowest BCUT2D eigenvalue weighted by Crippen LogP contribution is -2.43. The third kappa shape index (κ3) is 3.21. The molecule has 1 aliphatic rings. The molecule has 1 saturated carbocycles.